The Kier molecular flexibility index (Phi) is 7.65. The number of nitrogens with zero attached hydrogens (tertiary/aromatic N) is 1. The topological polar surface area (TPSA) is 99.1 Å². The molecular formula is C18H25FN2O5. The molecular weight excluding hydrogens is 343 g/mol. The molecule has 1 aromatic carbocycles. The number of aliphatic hydroxyl groups is 1. The molecule has 3 N–H and O–H groups in total. The quantitative estimate of drug-likeness (QED) is 0.610. The van der Waals surface area contributed by atoms with Gasteiger partial charge in [0.2, 0.25) is 0 Å². The number of ether oxygens (including phenoxy) is 1. The van der Waals surface area contributed by atoms with E-state index in [1.807, 2.05) is 0 Å². The molecule has 26 heavy (non-hydrogen) atoms. The van der Waals surface area contributed by atoms with Crippen molar-refractivity contribution < 1.29 is 28.9 Å². The molecule has 1 heterocycles. The van der Waals surface area contributed by atoms with E-state index < -0.39 is 17.8 Å². The molecule has 1 aliphatic rings. The lowest BCUT2D eigenvalue weighted by Gasteiger charge is -2.29. The summed E-state index contributed by atoms with van der Waals surface area (Å²) in [7, 11) is 0. The second-order valence-electron chi connectivity index (χ2n) is 6.32. The smallest absolute Gasteiger partial charge is 0.407 e. The van der Waals surface area contributed by atoms with Gasteiger partial charge in [0.1, 0.15) is 11.6 Å². The Hall–Kier alpha value is -2.35. The minimum absolute atomic E-state index is 0.0713. The molecule has 1 aromatic rings. The first kappa shape index (κ1) is 20.0. The van der Waals surface area contributed by atoms with Crippen LogP contribution in [0, 0.1) is 11.7 Å². The molecule has 8 heteroatoms. The maximum atomic E-state index is 14.0. The second-order valence-corrected chi connectivity index (χ2v) is 6.32. The minimum atomic E-state index is -0.859. The van der Waals surface area contributed by atoms with Crippen LogP contribution in [-0.2, 0) is 0 Å². The zero-order valence-electron chi connectivity index (χ0n) is 14.6. The summed E-state index contributed by atoms with van der Waals surface area (Å²) >= 11 is 0. The Bertz CT molecular complexity index is 618. The number of carboxylic acid groups (broad SMARTS) is 1. The normalized spacial score (nSPS) is 14.9. The maximum Gasteiger partial charge on any atom is 0.407 e. The van der Waals surface area contributed by atoms with E-state index in [0.717, 1.165) is 25.7 Å². The molecule has 1 aliphatic heterocycles. The fraction of sp³-hybridized carbons (Fsp3) is 0.556. The van der Waals surface area contributed by atoms with Crippen LogP contribution >= 0.6 is 0 Å². The van der Waals surface area contributed by atoms with Crippen LogP contribution in [0.15, 0.2) is 18.2 Å². The van der Waals surface area contributed by atoms with Gasteiger partial charge in [-0.05, 0) is 43.7 Å². The summed E-state index contributed by atoms with van der Waals surface area (Å²) < 4.78 is 19.5. The van der Waals surface area contributed by atoms with Crippen molar-refractivity contribution in [2.75, 3.05) is 32.8 Å². The molecule has 0 aliphatic carbocycles. The van der Waals surface area contributed by atoms with Crippen LogP contribution in [-0.4, -0.2) is 60.0 Å². The fourth-order valence-corrected chi connectivity index (χ4v) is 3.01. The van der Waals surface area contributed by atoms with E-state index in [4.69, 9.17) is 14.9 Å². The zero-order chi connectivity index (χ0) is 18.9. The zero-order valence-corrected chi connectivity index (χ0v) is 14.6. The Morgan fingerprint density at radius 1 is 1.31 bits per heavy atom. The first-order valence-electron chi connectivity index (χ1n) is 8.80. The molecule has 0 bridgehead atoms. The predicted molar refractivity (Wildman–Crippen MR) is 92.9 cm³/mol. The summed E-state index contributed by atoms with van der Waals surface area (Å²) in [5, 5.41) is 20.0. The molecule has 144 valence electrons. The lowest BCUT2D eigenvalue weighted by atomic mass is 9.92. The molecule has 1 fully saturated rings. The first-order valence-corrected chi connectivity index (χ1v) is 8.80. The summed E-state index contributed by atoms with van der Waals surface area (Å²) in [6.07, 6.45) is 2.61. The van der Waals surface area contributed by atoms with Gasteiger partial charge in [-0.1, -0.05) is 0 Å². The Balaban J connectivity index is 1.71. The van der Waals surface area contributed by atoms with Crippen molar-refractivity contribution in [3.05, 3.63) is 29.6 Å². The lowest BCUT2D eigenvalue weighted by Crippen LogP contribution is -2.37. The summed E-state index contributed by atoms with van der Waals surface area (Å²) in [6, 6.07) is 4.08. The lowest BCUT2D eigenvalue weighted by molar-refractivity contribution is 0.0940. The monoisotopic (exact) mass is 368 g/mol. The standard InChI is InChI=1S/C18H25FN2O5/c19-16-12-14(3-4-15(16)17(23)20-7-10-22)26-11-1-2-13-5-8-21(9-6-13)18(24)25/h3-4,12-13,22H,1-2,5-11H2,(H,20,23)(H,24,25). The van der Waals surface area contributed by atoms with Crippen molar-refractivity contribution in [3.63, 3.8) is 0 Å². The van der Waals surface area contributed by atoms with E-state index in [1.165, 1.54) is 17.0 Å². The van der Waals surface area contributed by atoms with E-state index in [9.17, 15) is 14.0 Å². The second kappa shape index (κ2) is 9.96. The van der Waals surface area contributed by atoms with Crippen LogP contribution in [0.1, 0.15) is 36.0 Å². The molecule has 0 saturated carbocycles. The molecule has 0 aromatic heterocycles. The average Bonchev–Trinajstić information content (AvgIpc) is 2.63. The third-order valence-corrected chi connectivity index (χ3v) is 4.49. The molecule has 1 saturated heterocycles. The third kappa shape index (κ3) is 5.87. The number of halogens is 1. The van der Waals surface area contributed by atoms with E-state index >= 15 is 0 Å². The molecule has 0 unspecified atom stereocenters. The molecule has 2 rings (SSSR count). The number of carbonyl (C=O) groups is 2. The van der Waals surface area contributed by atoms with Crippen LogP contribution in [0.4, 0.5) is 9.18 Å². The van der Waals surface area contributed by atoms with E-state index in [-0.39, 0.29) is 18.7 Å². The molecule has 7 nitrogen and oxygen atoms in total. The highest BCUT2D eigenvalue weighted by molar-refractivity contribution is 5.94. The maximum absolute atomic E-state index is 14.0. The number of aliphatic hydroxyl groups excluding tert-OH is 1. The number of carbonyl (C=O) groups excluding carboxylic acids is 1. The van der Waals surface area contributed by atoms with Crippen LogP contribution in [0.5, 0.6) is 5.75 Å². The largest absolute Gasteiger partial charge is 0.493 e. The number of nitrogens with one attached hydrogen (secondary N) is 1. The Labute approximate surface area is 151 Å². The number of hydrogen-bond donors (Lipinski definition) is 3. The van der Waals surface area contributed by atoms with Crippen LogP contribution in [0.3, 0.4) is 0 Å². The predicted octanol–water partition coefficient (Wildman–Crippen LogP) is 2.10. The van der Waals surface area contributed by atoms with Gasteiger partial charge in [0, 0.05) is 25.7 Å². The van der Waals surface area contributed by atoms with Gasteiger partial charge in [0.15, 0.2) is 0 Å². The van der Waals surface area contributed by atoms with Crippen molar-refractivity contribution in [2.45, 2.75) is 25.7 Å². The molecule has 2 amide bonds. The molecule has 0 spiro atoms. The van der Waals surface area contributed by atoms with Gasteiger partial charge in [-0.2, -0.15) is 0 Å². The van der Waals surface area contributed by atoms with Crippen LogP contribution in [0.25, 0.3) is 0 Å². The van der Waals surface area contributed by atoms with Gasteiger partial charge in [-0.15, -0.1) is 0 Å². The van der Waals surface area contributed by atoms with Crippen molar-refractivity contribution >= 4 is 12.0 Å². The van der Waals surface area contributed by atoms with Gasteiger partial charge < -0.3 is 25.2 Å². The number of likely N-dealkylation sites (tertiary alicyclic amines) is 1. The number of amides is 2. The minimum Gasteiger partial charge on any atom is -0.493 e. The van der Waals surface area contributed by atoms with Crippen molar-refractivity contribution in [1.82, 2.24) is 10.2 Å². The third-order valence-electron chi connectivity index (χ3n) is 4.49. The number of benzene rings is 1. The van der Waals surface area contributed by atoms with Gasteiger partial charge in [0.05, 0.1) is 18.8 Å². The van der Waals surface area contributed by atoms with Gasteiger partial charge in [-0.25, -0.2) is 9.18 Å². The molecule has 0 atom stereocenters. The fourth-order valence-electron chi connectivity index (χ4n) is 3.01. The average molecular weight is 368 g/mol. The molecule has 0 radical (unpaired) electrons. The van der Waals surface area contributed by atoms with E-state index in [1.54, 1.807) is 6.07 Å². The van der Waals surface area contributed by atoms with Crippen LogP contribution in [0.2, 0.25) is 0 Å². The van der Waals surface area contributed by atoms with Gasteiger partial charge >= 0.3 is 6.09 Å². The van der Waals surface area contributed by atoms with Crippen molar-refractivity contribution in [1.29, 1.82) is 0 Å². The van der Waals surface area contributed by atoms with E-state index in [0.29, 0.717) is 31.4 Å². The first-order chi connectivity index (χ1) is 12.5. The van der Waals surface area contributed by atoms with Gasteiger partial charge in [-0.3, -0.25) is 4.79 Å². The van der Waals surface area contributed by atoms with Crippen molar-refractivity contribution in [2.24, 2.45) is 5.92 Å². The Morgan fingerprint density at radius 2 is 2.04 bits per heavy atom. The van der Waals surface area contributed by atoms with E-state index in [2.05, 4.69) is 5.32 Å². The number of piperidine rings is 1. The van der Waals surface area contributed by atoms with Gasteiger partial charge in [0.25, 0.3) is 5.91 Å². The summed E-state index contributed by atoms with van der Waals surface area (Å²) in [6.45, 7) is 1.46. The van der Waals surface area contributed by atoms with Crippen LogP contribution < -0.4 is 10.1 Å². The summed E-state index contributed by atoms with van der Waals surface area (Å²) in [5.74, 6) is -0.389. The Morgan fingerprint density at radius 3 is 2.65 bits per heavy atom. The summed E-state index contributed by atoms with van der Waals surface area (Å²) in [5.41, 5.74) is -0.0870. The highest BCUT2D eigenvalue weighted by Gasteiger charge is 2.21. The number of hydrogen-bond acceptors (Lipinski definition) is 4. The highest BCUT2D eigenvalue weighted by Crippen LogP contribution is 2.22. The SMILES string of the molecule is O=C(NCCO)c1ccc(OCCCC2CCN(C(=O)O)CC2)cc1F. The highest BCUT2D eigenvalue weighted by atomic mass is 19.1. The summed E-state index contributed by atoms with van der Waals surface area (Å²) in [4.78, 5) is 24.0. The van der Waals surface area contributed by atoms with Crippen molar-refractivity contribution in [3.8, 4) is 5.75 Å². The number of rotatable bonds is 8.